The summed E-state index contributed by atoms with van der Waals surface area (Å²) in [6, 6.07) is 25.6. The minimum absolute atomic E-state index is 0.0616. The Bertz CT molecular complexity index is 1280. The molecule has 1 amide bonds. The van der Waals surface area contributed by atoms with Crippen LogP contribution in [0.1, 0.15) is 0 Å². The number of carbonyl (C=O) groups is 1. The van der Waals surface area contributed by atoms with E-state index in [1.54, 1.807) is 12.1 Å². The third kappa shape index (κ3) is 5.27. The molecular weight excluding hydrogens is 444 g/mol. The summed E-state index contributed by atoms with van der Waals surface area (Å²) in [5, 5.41) is 3.09. The van der Waals surface area contributed by atoms with Gasteiger partial charge in [-0.15, -0.1) is 0 Å². The molecule has 0 aliphatic heterocycles. The van der Waals surface area contributed by atoms with Crippen molar-refractivity contribution in [3.63, 3.8) is 0 Å². The van der Waals surface area contributed by atoms with Crippen LogP contribution in [0.4, 0.5) is 5.69 Å². The molecule has 0 saturated carbocycles. The molecule has 4 rings (SSSR count). The third-order valence-electron chi connectivity index (χ3n) is 4.56. The van der Waals surface area contributed by atoms with Gasteiger partial charge in [0.05, 0.1) is 10.6 Å². The van der Waals surface area contributed by atoms with Crippen LogP contribution in [-0.4, -0.2) is 31.3 Å². The first-order chi connectivity index (χ1) is 15.4. The van der Waals surface area contributed by atoms with Crippen LogP contribution in [-0.2, 0) is 14.6 Å². The number of aromatic nitrogens is 1. The van der Waals surface area contributed by atoms with Gasteiger partial charge in [0.2, 0.25) is 5.91 Å². The zero-order valence-electron chi connectivity index (χ0n) is 17.2. The van der Waals surface area contributed by atoms with E-state index in [1.807, 2.05) is 60.7 Å². The number of hydrogen-bond acceptors (Lipinski definition) is 6. The Morgan fingerprint density at radius 3 is 2.25 bits per heavy atom. The smallest absolute Gasteiger partial charge is 0.257 e. The van der Waals surface area contributed by atoms with Crippen LogP contribution in [0.2, 0.25) is 0 Å². The van der Waals surface area contributed by atoms with E-state index in [1.165, 1.54) is 23.9 Å². The first-order valence-electron chi connectivity index (χ1n) is 9.74. The standard InChI is InChI=1S/C24H20N2O4S2/c1-32(28,29)20-14-8-13-19(15-20)25-21(27)16-31-24-26-22(17-9-4-2-5-10-17)23(30-24)18-11-6-3-7-12-18/h2-15H,16H2,1H3,(H,25,27). The van der Waals surface area contributed by atoms with Crippen molar-refractivity contribution < 1.29 is 17.6 Å². The van der Waals surface area contributed by atoms with Crippen LogP contribution >= 0.6 is 11.8 Å². The van der Waals surface area contributed by atoms with Crippen molar-refractivity contribution >= 4 is 33.2 Å². The van der Waals surface area contributed by atoms with Crippen molar-refractivity contribution in [3.05, 3.63) is 84.9 Å². The minimum Gasteiger partial charge on any atom is -0.431 e. The number of sulfone groups is 1. The van der Waals surface area contributed by atoms with E-state index >= 15 is 0 Å². The van der Waals surface area contributed by atoms with Crippen molar-refractivity contribution in [1.82, 2.24) is 4.98 Å². The quantitative estimate of drug-likeness (QED) is 0.381. The molecule has 1 heterocycles. The largest absolute Gasteiger partial charge is 0.431 e. The second-order valence-electron chi connectivity index (χ2n) is 7.03. The summed E-state index contributed by atoms with van der Waals surface area (Å²) in [5.41, 5.74) is 2.94. The highest BCUT2D eigenvalue weighted by Crippen LogP contribution is 2.35. The first-order valence-corrected chi connectivity index (χ1v) is 12.6. The van der Waals surface area contributed by atoms with Crippen LogP contribution in [0.15, 0.2) is 99.5 Å². The van der Waals surface area contributed by atoms with E-state index in [4.69, 9.17) is 4.42 Å². The van der Waals surface area contributed by atoms with Crippen LogP contribution in [0.25, 0.3) is 22.6 Å². The molecule has 0 saturated heterocycles. The molecule has 0 radical (unpaired) electrons. The van der Waals surface area contributed by atoms with Gasteiger partial charge in [-0.2, -0.15) is 0 Å². The van der Waals surface area contributed by atoms with Crippen molar-refractivity contribution in [2.75, 3.05) is 17.3 Å². The predicted octanol–water partition coefficient (Wildman–Crippen LogP) is 5.14. The summed E-state index contributed by atoms with van der Waals surface area (Å²) in [4.78, 5) is 17.2. The third-order valence-corrected chi connectivity index (χ3v) is 6.50. The van der Waals surface area contributed by atoms with Gasteiger partial charge >= 0.3 is 0 Å². The fourth-order valence-corrected chi connectivity index (χ4v) is 4.36. The van der Waals surface area contributed by atoms with Gasteiger partial charge in [-0.25, -0.2) is 13.4 Å². The van der Waals surface area contributed by atoms with Crippen LogP contribution in [0.3, 0.4) is 0 Å². The predicted molar refractivity (Wildman–Crippen MR) is 126 cm³/mol. The van der Waals surface area contributed by atoms with Gasteiger partial charge in [0.15, 0.2) is 15.6 Å². The zero-order chi connectivity index (χ0) is 22.6. The highest BCUT2D eigenvalue weighted by atomic mass is 32.2. The Labute approximate surface area is 190 Å². The molecule has 0 unspecified atom stereocenters. The Balaban J connectivity index is 1.51. The summed E-state index contributed by atoms with van der Waals surface area (Å²) >= 11 is 1.17. The molecule has 0 aliphatic rings. The van der Waals surface area contributed by atoms with Gasteiger partial charge in [0.25, 0.3) is 5.22 Å². The number of nitrogens with zero attached hydrogens (tertiary/aromatic N) is 1. The summed E-state index contributed by atoms with van der Waals surface area (Å²) in [5.74, 6) is 0.411. The number of benzene rings is 3. The number of hydrogen-bond donors (Lipinski definition) is 1. The van der Waals surface area contributed by atoms with Crippen molar-refractivity contribution in [2.45, 2.75) is 10.1 Å². The van der Waals surface area contributed by atoms with E-state index in [0.29, 0.717) is 22.4 Å². The maximum Gasteiger partial charge on any atom is 0.257 e. The van der Waals surface area contributed by atoms with E-state index in [0.717, 1.165) is 17.4 Å². The number of carbonyl (C=O) groups excluding carboxylic acids is 1. The molecule has 0 spiro atoms. The molecule has 32 heavy (non-hydrogen) atoms. The molecule has 1 N–H and O–H groups in total. The molecule has 162 valence electrons. The Morgan fingerprint density at radius 1 is 0.938 bits per heavy atom. The van der Waals surface area contributed by atoms with Crippen molar-refractivity contribution in [2.24, 2.45) is 0 Å². The second-order valence-corrected chi connectivity index (χ2v) is 9.97. The Kier molecular flexibility index (Phi) is 6.43. The lowest BCUT2D eigenvalue weighted by Gasteiger charge is -2.06. The maximum absolute atomic E-state index is 12.4. The molecule has 4 aromatic rings. The van der Waals surface area contributed by atoms with Gasteiger partial charge in [-0.05, 0) is 18.2 Å². The first kappa shape index (κ1) is 21.9. The molecule has 0 bridgehead atoms. The van der Waals surface area contributed by atoms with Crippen molar-refractivity contribution in [1.29, 1.82) is 0 Å². The Hall–Kier alpha value is -3.36. The molecule has 0 fully saturated rings. The highest BCUT2D eigenvalue weighted by Gasteiger charge is 2.18. The van der Waals surface area contributed by atoms with E-state index < -0.39 is 9.84 Å². The number of nitrogens with one attached hydrogen (secondary N) is 1. The van der Waals surface area contributed by atoms with Gasteiger partial charge in [0.1, 0.15) is 5.69 Å². The molecule has 1 aromatic heterocycles. The molecule has 0 aliphatic carbocycles. The maximum atomic E-state index is 12.4. The zero-order valence-corrected chi connectivity index (χ0v) is 18.8. The fourth-order valence-electron chi connectivity index (χ4n) is 3.07. The lowest BCUT2D eigenvalue weighted by Crippen LogP contribution is -2.14. The summed E-state index contributed by atoms with van der Waals surface area (Å²) in [6.07, 6.45) is 1.13. The van der Waals surface area contributed by atoms with Gasteiger partial charge in [-0.3, -0.25) is 4.79 Å². The van der Waals surface area contributed by atoms with Crippen molar-refractivity contribution in [3.8, 4) is 22.6 Å². The van der Waals surface area contributed by atoms with Crippen LogP contribution in [0, 0.1) is 0 Å². The molecule has 3 aromatic carbocycles. The highest BCUT2D eigenvalue weighted by molar-refractivity contribution is 7.99. The minimum atomic E-state index is -3.35. The van der Waals surface area contributed by atoms with E-state index in [-0.39, 0.29) is 16.6 Å². The number of anilines is 1. The summed E-state index contributed by atoms with van der Waals surface area (Å²) in [6.45, 7) is 0. The van der Waals surface area contributed by atoms with Gasteiger partial charge in [0, 0.05) is 23.1 Å². The lowest BCUT2D eigenvalue weighted by molar-refractivity contribution is -0.113. The topological polar surface area (TPSA) is 89.3 Å². The number of oxazole rings is 1. The average Bonchev–Trinajstić information content (AvgIpc) is 3.23. The van der Waals surface area contributed by atoms with Crippen LogP contribution in [0.5, 0.6) is 0 Å². The number of rotatable bonds is 7. The number of amides is 1. The van der Waals surface area contributed by atoms with E-state index in [2.05, 4.69) is 10.3 Å². The number of thioether (sulfide) groups is 1. The Morgan fingerprint density at radius 2 is 1.59 bits per heavy atom. The lowest BCUT2D eigenvalue weighted by atomic mass is 10.1. The molecule has 0 atom stereocenters. The molecular formula is C24H20N2O4S2. The summed E-state index contributed by atoms with van der Waals surface area (Å²) < 4.78 is 29.4. The average molecular weight is 465 g/mol. The van der Waals surface area contributed by atoms with Gasteiger partial charge < -0.3 is 9.73 Å². The molecule has 8 heteroatoms. The fraction of sp³-hybridized carbons (Fsp3) is 0.0833. The summed E-state index contributed by atoms with van der Waals surface area (Å²) in [7, 11) is -3.35. The van der Waals surface area contributed by atoms with Gasteiger partial charge in [-0.1, -0.05) is 78.5 Å². The monoisotopic (exact) mass is 464 g/mol. The van der Waals surface area contributed by atoms with Crippen LogP contribution < -0.4 is 5.32 Å². The SMILES string of the molecule is CS(=O)(=O)c1cccc(NC(=O)CSc2nc(-c3ccccc3)c(-c3ccccc3)o2)c1. The second kappa shape index (κ2) is 9.42. The normalized spacial score (nSPS) is 11.3. The van der Waals surface area contributed by atoms with E-state index in [9.17, 15) is 13.2 Å². The molecule has 6 nitrogen and oxygen atoms in total.